The van der Waals surface area contributed by atoms with Crippen LogP contribution in [0.5, 0.6) is 11.5 Å². The van der Waals surface area contributed by atoms with Gasteiger partial charge in [-0.1, -0.05) is 19.9 Å². The van der Waals surface area contributed by atoms with E-state index >= 15 is 0 Å². The number of halogens is 1. The zero-order valence-corrected chi connectivity index (χ0v) is 19.8. The second-order valence-corrected chi connectivity index (χ2v) is 9.91. The number of rotatable bonds is 5. The summed E-state index contributed by atoms with van der Waals surface area (Å²) in [6.07, 6.45) is 0.623. The predicted octanol–water partition coefficient (Wildman–Crippen LogP) is 2.10. The summed E-state index contributed by atoms with van der Waals surface area (Å²) in [5, 5.41) is 6.47. The molecule has 0 radical (unpaired) electrons. The van der Waals surface area contributed by atoms with E-state index in [-0.39, 0.29) is 46.9 Å². The molecule has 2 heterocycles. The predicted molar refractivity (Wildman–Crippen MR) is 122 cm³/mol. The summed E-state index contributed by atoms with van der Waals surface area (Å²) >= 11 is 0. The Labute approximate surface area is 184 Å². The fraction of sp³-hybridized carbons (Fsp3) is 0.632. The maximum Gasteiger partial charge on any atom is 0.191 e. The molecular formula is C19H30IN3O4S. The number of nitrogens with one attached hydrogen (secondary N) is 2. The maximum atomic E-state index is 11.7. The van der Waals surface area contributed by atoms with Gasteiger partial charge in [0.15, 0.2) is 27.3 Å². The van der Waals surface area contributed by atoms with Crippen LogP contribution in [0.25, 0.3) is 0 Å². The number of sulfone groups is 1. The van der Waals surface area contributed by atoms with Crippen molar-refractivity contribution in [3.63, 3.8) is 0 Å². The number of hydrogen-bond acceptors (Lipinski definition) is 5. The average Bonchev–Trinajstić information content (AvgIpc) is 2.98. The molecule has 7 nitrogen and oxygen atoms in total. The smallest absolute Gasteiger partial charge is 0.191 e. The van der Waals surface area contributed by atoms with Gasteiger partial charge in [-0.25, -0.2) is 8.42 Å². The van der Waals surface area contributed by atoms with Gasteiger partial charge in [0.25, 0.3) is 0 Å². The summed E-state index contributed by atoms with van der Waals surface area (Å²) in [4.78, 5) is 4.71. The number of guanidine groups is 1. The van der Waals surface area contributed by atoms with Gasteiger partial charge in [-0.2, -0.15) is 0 Å². The van der Waals surface area contributed by atoms with Crippen molar-refractivity contribution in [2.45, 2.75) is 38.6 Å². The summed E-state index contributed by atoms with van der Waals surface area (Å²) in [7, 11) is -2.92. The minimum atomic E-state index is -2.92. The zero-order chi connectivity index (χ0) is 19.5. The molecule has 0 spiro atoms. The Hall–Kier alpha value is -1.23. The highest BCUT2D eigenvalue weighted by atomic mass is 127. The summed E-state index contributed by atoms with van der Waals surface area (Å²) in [5.74, 6) is 2.62. The highest BCUT2D eigenvalue weighted by molar-refractivity contribution is 14.0. The van der Waals surface area contributed by atoms with Gasteiger partial charge in [0.2, 0.25) is 0 Å². The lowest BCUT2D eigenvalue weighted by atomic mass is 9.84. The Bertz CT molecular complexity index is 811. The lowest BCUT2D eigenvalue weighted by molar-refractivity contribution is 0.171. The van der Waals surface area contributed by atoms with Crippen molar-refractivity contribution >= 4 is 39.8 Å². The molecule has 2 aliphatic heterocycles. The first kappa shape index (κ1) is 23.1. The van der Waals surface area contributed by atoms with Gasteiger partial charge in [0.05, 0.1) is 18.1 Å². The molecule has 2 aliphatic rings. The highest BCUT2D eigenvalue weighted by Crippen LogP contribution is 2.35. The molecule has 3 rings (SSSR count). The van der Waals surface area contributed by atoms with E-state index in [0.717, 1.165) is 23.6 Å². The standard InChI is InChI=1S/C19H29N3O4S.HI/c1-4-20-18(22-15-7-10-27(23,24)12-15)21-13-19(2,3)14-5-6-16-17(11-14)26-9-8-25-16;/h5-6,11,15H,4,7-10,12-13H2,1-3H3,(H2,20,21,22);1H. The molecule has 1 unspecified atom stereocenters. The van der Waals surface area contributed by atoms with Crippen LogP contribution < -0.4 is 20.1 Å². The number of benzene rings is 1. The van der Waals surface area contributed by atoms with Gasteiger partial charge in [-0.15, -0.1) is 24.0 Å². The molecule has 0 amide bonds. The third-order valence-electron chi connectivity index (χ3n) is 4.87. The molecule has 28 heavy (non-hydrogen) atoms. The van der Waals surface area contributed by atoms with Crippen molar-refractivity contribution in [1.82, 2.24) is 10.6 Å². The third kappa shape index (κ3) is 5.88. The fourth-order valence-corrected chi connectivity index (χ4v) is 4.93. The molecule has 1 atom stereocenters. The van der Waals surface area contributed by atoms with Crippen LogP contribution in [0.1, 0.15) is 32.8 Å². The van der Waals surface area contributed by atoms with Crippen molar-refractivity contribution in [2.75, 3.05) is 37.8 Å². The van der Waals surface area contributed by atoms with Crippen LogP contribution in [0.3, 0.4) is 0 Å². The van der Waals surface area contributed by atoms with E-state index < -0.39 is 9.84 Å². The summed E-state index contributed by atoms with van der Waals surface area (Å²) in [6.45, 7) is 8.67. The van der Waals surface area contributed by atoms with Crippen LogP contribution in [0.15, 0.2) is 23.2 Å². The molecule has 0 aliphatic carbocycles. The lowest BCUT2D eigenvalue weighted by Crippen LogP contribution is -2.44. The van der Waals surface area contributed by atoms with Crippen LogP contribution in [0, 0.1) is 0 Å². The number of ether oxygens (including phenoxy) is 2. The van der Waals surface area contributed by atoms with E-state index in [0.29, 0.717) is 32.1 Å². The maximum absolute atomic E-state index is 11.7. The van der Waals surface area contributed by atoms with Crippen LogP contribution >= 0.6 is 24.0 Å². The number of fused-ring (bicyclic) bond motifs is 1. The molecule has 0 aromatic heterocycles. The van der Waals surface area contributed by atoms with Gasteiger partial charge in [-0.05, 0) is 31.0 Å². The molecule has 1 saturated heterocycles. The van der Waals surface area contributed by atoms with Crippen molar-refractivity contribution in [2.24, 2.45) is 4.99 Å². The van der Waals surface area contributed by atoms with Crippen molar-refractivity contribution in [3.05, 3.63) is 23.8 Å². The SMILES string of the molecule is CCNC(=NCC(C)(C)c1ccc2c(c1)OCCO2)NC1CCS(=O)(=O)C1.I. The summed E-state index contributed by atoms with van der Waals surface area (Å²) in [6, 6.07) is 5.94. The van der Waals surface area contributed by atoms with Gasteiger partial charge in [0.1, 0.15) is 13.2 Å². The van der Waals surface area contributed by atoms with Gasteiger partial charge >= 0.3 is 0 Å². The zero-order valence-electron chi connectivity index (χ0n) is 16.7. The molecule has 1 aromatic carbocycles. The fourth-order valence-electron chi connectivity index (χ4n) is 3.25. The van der Waals surface area contributed by atoms with E-state index in [1.807, 2.05) is 25.1 Å². The van der Waals surface area contributed by atoms with Gasteiger partial charge in [-0.3, -0.25) is 4.99 Å². The Balaban J connectivity index is 0.00000280. The third-order valence-corrected chi connectivity index (χ3v) is 6.64. The highest BCUT2D eigenvalue weighted by Gasteiger charge is 2.29. The molecule has 1 aromatic rings. The molecule has 1 fully saturated rings. The first-order valence-electron chi connectivity index (χ1n) is 9.44. The Morgan fingerprint density at radius 1 is 1.25 bits per heavy atom. The lowest BCUT2D eigenvalue weighted by Gasteiger charge is -2.27. The number of nitrogens with zero attached hydrogens (tertiary/aromatic N) is 1. The Morgan fingerprint density at radius 2 is 1.96 bits per heavy atom. The quantitative estimate of drug-likeness (QED) is 0.349. The van der Waals surface area contributed by atoms with E-state index in [4.69, 9.17) is 14.5 Å². The van der Waals surface area contributed by atoms with Crippen molar-refractivity contribution in [3.8, 4) is 11.5 Å². The second-order valence-electron chi connectivity index (χ2n) is 7.68. The monoisotopic (exact) mass is 523 g/mol. The molecule has 0 saturated carbocycles. The second kappa shape index (κ2) is 9.51. The van der Waals surface area contributed by atoms with Gasteiger partial charge in [0, 0.05) is 18.0 Å². The Morgan fingerprint density at radius 3 is 2.61 bits per heavy atom. The van der Waals surface area contributed by atoms with Crippen molar-refractivity contribution in [1.29, 1.82) is 0 Å². The van der Waals surface area contributed by atoms with E-state index in [9.17, 15) is 8.42 Å². The van der Waals surface area contributed by atoms with E-state index in [2.05, 4.69) is 24.5 Å². The molecule has 0 bridgehead atoms. The van der Waals surface area contributed by atoms with Crippen LogP contribution in [-0.2, 0) is 15.3 Å². The minimum absolute atomic E-state index is 0. The average molecular weight is 523 g/mol. The normalized spacial score (nSPS) is 21.0. The first-order chi connectivity index (χ1) is 12.8. The van der Waals surface area contributed by atoms with Crippen LogP contribution in [0.4, 0.5) is 0 Å². The van der Waals surface area contributed by atoms with Crippen LogP contribution in [0.2, 0.25) is 0 Å². The molecule has 158 valence electrons. The van der Waals surface area contributed by atoms with Crippen LogP contribution in [-0.4, -0.2) is 58.2 Å². The van der Waals surface area contributed by atoms with E-state index in [1.54, 1.807) is 0 Å². The molecular weight excluding hydrogens is 493 g/mol. The van der Waals surface area contributed by atoms with E-state index in [1.165, 1.54) is 0 Å². The number of aliphatic imine (C=N–C) groups is 1. The summed E-state index contributed by atoms with van der Waals surface area (Å²) in [5.41, 5.74) is 0.912. The largest absolute Gasteiger partial charge is 0.486 e. The first-order valence-corrected chi connectivity index (χ1v) is 11.3. The summed E-state index contributed by atoms with van der Waals surface area (Å²) < 4.78 is 34.6. The molecule has 2 N–H and O–H groups in total. The van der Waals surface area contributed by atoms with Crippen molar-refractivity contribution < 1.29 is 17.9 Å². The molecule has 9 heteroatoms. The number of hydrogen-bond donors (Lipinski definition) is 2. The Kier molecular flexibility index (Phi) is 7.83. The van der Waals surface area contributed by atoms with Gasteiger partial charge < -0.3 is 20.1 Å². The topological polar surface area (TPSA) is 89.0 Å². The minimum Gasteiger partial charge on any atom is -0.486 e.